The maximum Gasteiger partial charge on any atom is 0.406 e. The first-order chi connectivity index (χ1) is 8.02. The van der Waals surface area contributed by atoms with Crippen molar-refractivity contribution in [2.45, 2.75) is 38.7 Å². The lowest BCUT2D eigenvalue weighted by molar-refractivity contribution is -0.153. The molecule has 0 saturated carbocycles. The Labute approximate surface area is 102 Å². The Morgan fingerprint density at radius 2 is 2.12 bits per heavy atom. The number of hydrogen-bond donors (Lipinski definition) is 1. The molecule has 0 bridgehead atoms. The normalized spacial score (nSPS) is 24.5. The van der Waals surface area contributed by atoms with Crippen LogP contribution in [0.15, 0.2) is 0 Å². The van der Waals surface area contributed by atoms with Crippen molar-refractivity contribution >= 4 is 11.9 Å². The highest BCUT2D eigenvalue weighted by Gasteiger charge is 2.42. The smallest absolute Gasteiger partial charge is 0.406 e. The number of hydrogen-bond acceptors (Lipinski definition) is 4. The topological polar surface area (TPSA) is 64.6 Å². The second kappa shape index (κ2) is 6.00. The van der Waals surface area contributed by atoms with Crippen LogP contribution in [0.5, 0.6) is 0 Å². The number of Topliss-reactive ketones (excluding diaryl/α,β-unsaturated/α-hetero) is 1. The van der Waals surface area contributed by atoms with Crippen LogP contribution in [0.4, 0.5) is 4.79 Å². The number of ketones is 1. The Morgan fingerprint density at radius 3 is 2.59 bits per heavy atom. The van der Waals surface area contributed by atoms with E-state index < -0.39 is 11.7 Å². The highest BCUT2D eigenvalue weighted by atomic mass is 16.5. The number of methoxy groups -OCH3 is 1. The van der Waals surface area contributed by atoms with Gasteiger partial charge in [0.1, 0.15) is 5.60 Å². The molecule has 1 N–H and O–H groups in total. The van der Waals surface area contributed by atoms with Gasteiger partial charge in [0, 0.05) is 12.5 Å². The van der Waals surface area contributed by atoms with Gasteiger partial charge in [-0.05, 0) is 19.3 Å². The molecule has 1 saturated heterocycles. The van der Waals surface area contributed by atoms with Crippen LogP contribution >= 0.6 is 0 Å². The van der Waals surface area contributed by atoms with Crippen molar-refractivity contribution in [2.75, 3.05) is 20.3 Å². The second-order valence-electron chi connectivity index (χ2n) is 4.66. The van der Waals surface area contributed by atoms with Gasteiger partial charge in [0.05, 0.1) is 13.7 Å². The van der Waals surface area contributed by atoms with Crippen LogP contribution in [-0.4, -0.2) is 37.7 Å². The zero-order chi connectivity index (χ0) is 12.9. The molecule has 0 spiro atoms. The fourth-order valence-corrected chi connectivity index (χ4v) is 2.09. The van der Waals surface area contributed by atoms with Crippen LogP contribution in [-0.2, 0) is 14.3 Å². The van der Waals surface area contributed by atoms with Crippen molar-refractivity contribution in [3.63, 3.8) is 0 Å². The first-order valence-corrected chi connectivity index (χ1v) is 6.02. The van der Waals surface area contributed by atoms with Crippen LogP contribution in [0.3, 0.4) is 0 Å². The van der Waals surface area contributed by atoms with E-state index in [2.05, 4.69) is 10.1 Å². The molecule has 0 aromatic carbocycles. The lowest BCUT2D eigenvalue weighted by Gasteiger charge is -2.37. The lowest BCUT2D eigenvalue weighted by Crippen LogP contribution is -2.54. The van der Waals surface area contributed by atoms with E-state index in [-0.39, 0.29) is 18.2 Å². The molecule has 0 aromatic heterocycles. The molecular formula is C12H21NO4. The molecule has 98 valence electrons. The van der Waals surface area contributed by atoms with Gasteiger partial charge in [-0.2, -0.15) is 0 Å². The Bertz CT molecular complexity index is 282. The standard InChI is InChI=1S/C12H21NO4/c1-9(2)10(14)12(6-4-5-7-17-12)8-13-11(15)16-3/h9H,4-8H2,1-3H3,(H,13,15). The molecule has 5 heteroatoms. The number of ether oxygens (including phenoxy) is 2. The molecule has 1 fully saturated rings. The first kappa shape index (κ1) is 14.0. The number of amides is 1. The van der Waals surface area contributed by atoms with E-state index in [1.807, 2.05) is 13.8 Å². The van der Waals surface area contributed by atoms with Crippen molar-refractivity contribution < 1.29 is 19.1 Å². The van der Waals surface area contributed by atoms with E-state index in [9.17, 15) is 9.59 Å². The van der Waals surface area contributed by atoms with Gasteiger partial charge in [0.15, 0.2) is 5.78 Å². The van der Waals surface area contributed by atoms with Gasteiger partial charge in [0.2, 0.25) is 0 Å². The molecule has 0 aliphatic carbocycles. The summed E-state index contributed by atoms with van der Waals surface area (Å²) in [5.74, 6) is -0.0545. The first-order valence-electron chi connectivity index (χ1n) is 6.02. The molecule has 1 atom stereocenters. The van der Waals surface area contributed by atoms with Crippen LogP contribution in [0, 0.1) is 5.92 Å². The van der Waals surface area contributed by atoms with Gasteiger partial charge in [-0.25, -0.2) is 4.79 Å². The minimum Gasteiger partial charge on any atom is -0.453 e. The monoisotopic (exact) mass is 243 g/mol. The Morgan fingerprint density at radius 1 is 1.41 bits per heavy atom. The van der Waals surface area contributed by atoms with Crippen LogP contribution in [0.2, 0.25) is 0 Å². The van der Waals surface area contributed by atoms with E-state index in [1.54, 1.807) is 0 Å². The highest BCUT2D eigenvalue weighted by molar-refractivity contribution is 5.89. The molecule has 1 rings (SSSR count). The maximum absolute atomic E-state index is 12.2. The number of carbonyl (C=O) groups excluding carboxylic acids is 2. The van der Waals surface area contributed by atoms with Gasteiger partial charge in [0.25, 0.3) is 0 Å². The highest BCUT2D eigenvalue weighted by Crippen LogP contribution is 2.28. The van der Waals surface area contributed by atoms with Crippen LogP contribution < -0.4 is 5.32 Å². The van der Waals surface area contributed by atoms with Crippen LogP contribution in [0.25, 0.3) is 0 Å². The second-order valence-corrected chi connectivity index (χ2v) is 4.66. The summed E-state index contributed by atoms with van der Waals surface area (Å²) in [7, 11) is 1.30. The molecule has 1 amide bonds. The number of rotatable bonds is 4. The third-order valence-electron chi connectivity index (χ3n) is 3.03. The SMILES string of the molecule is COC(=O)NCC1(C(=O)C(C)C)CCCCO1. The van der Waals surface area contributed by atoms with Gasteiger partial charge < -0.3 is 14.8 Å². The molecule has 0 aromatic rings. The van der Waals surface area contributed by atoms with Crippen molar-refractivity contribution in [1.29, 1.82) is 0 Å². The van der Waals surface area contributed by atoms with Gasteiger partial charge in [-0.1, -0.05) is 13.8 Å². The largest absolute Gasteiger partial charge is 0.453 e. The average Bonchev–Trinajstić information content (AvgIpc) is 2.36. The van der Waals surface area contributed by atoms with E-state index in [0.29, 0.717) is 13.0 Å². The number of alkyl carbamates (subject to hydrolysis) is 1. The van der Waals surface area contributed by atoms with E-state index in [1.165, 1.54) is 7.11 Å². The quantitative estimate of drug-likeness (QED) is 0.812. The molecule has 1 aliphatic rings. The van der Waals surface area contributed by atoms with Gasteiger partial charge in [-0.3, -0.25) is 4.79 Å². The molecule has 0 radical (unpaired) electrons. The van der Waals surface area contributed by atoms with Crippen LogP contribution in [0.1, 0.15) is 33.1 Å². The lowest BCUT2D eigenvalue weighted by atomic mass is 9.84. The third-order valence-corrected chi connectivity index (χ3v) is 3.03. The molecule has 1 heterocycles. The summed E-state index contributed by atoms with van der Waals surface area (Å²) < 4.78 is 10.2. The summed E-state index contributed by atoms with van der Waals surface area (Å²) in [6.07, 6.45) is 2.04. The Balaban J connectivity index is 2.71. The van der Waals surface area contributed by atoms with Crippen molar-refractivity contribution in [3.05, 3.63) is 0 Å². The van der Waals surface area contributed by atoms with Gasteiger partial charge in [-0.15, -0.1) is 0 Å². The molecule has 17 heavy (non-hydrogen) atoms. The zero-order valence-corrected chi connectivity index (χ0v) is 10.7. The fourth-order valence-electron chi connectivity index (χ4n) is 2.09. The fraction of sp³-hybridized carbons (Fsp3) is 0.833. The summed E-state index contributed by atoms with van der Waals surface area (Å²) in [5.41, 5.74) is -0.861. The average molecular weight is 243 g/mol. The molecule has 1 aliphatic heterocycles. The summed E-state index contributed by atoms with van der Waals surface area (Å²) in [6, 6.07) is 0. The zero-order valence-electron chi connectivity index (χ0n) is 10.7. The van der Waals surface area contributed by atoms with Gasteiger partial charge >= 0.3 is 6.09 Å². The van der Waals surface area contributed by atoms with E-state index in [0.717, 1.165) is 12.8 Å². The van der Waals surface area contributed by atoms with E-state index >= 15 is 0 Å². The summed E-state index contributed by atoms with van der Waals surface area (Å²) in [5, 5.41) is 2.57. The third kappa shape index (κ3) is 3.43. The number of carbonyl (C=O) groups is 2. The summed E-state index contributed by atoms with van der Waals surface area (Å²) in [4.78, 5) is 23.3. The molecule has 5 nitrogen and oxygen atoms in total. The minimum atomic E-state index is -0.861. The predicted octanol–water partition coefficient (Wildman–Crippen LogP) is 1.51. The predicted molar refractivity (Wildman–Crippen MR) is 62.8 cm³/mol. The van der Waals surface area contributed by atoms with Crippen molar-refractivity contribution in [2.24, 2.45) is 5.92 Å². The summed E-state index contributed by atoms with van der Waals surface area (Å²) in [6.45, 7) is 4.46. The molecular weight excluding hydrogens is 222 g/mol. The maximum atomic E-state index is 12.2. The van der Waals surface area contributed by atoms with Crippen molar-refractivity contribution in [1.82, 2.24) is 5.32 Å². The Kier molecular flexibility index (Phi) is 4.93. The molecule has 1 unspecified atom stereocenters. The minimum absolute atomic E-state index is 0.0496. The van der Waals surface area contributed by atoms with Crippen molar-refractivity contribution in [3.8, 4) is 0 Å². The summed E-state index contributed by atoms with van der Waals surface area (Å²) >= 11 is 0. The van der Waals surface area contributed by atoms with E-state index in [4.69, 9.17) is 4.74 Å². The number of nitrogens with one attached hydrogen (secondary N) is 1. The Hall–Kier alpha value is -1.10.